The van der Waals surface area contributed by atoms with Crippen LogP contribution in [0.15, 0.2) is 67.4 Å². The molecule has 0 radical (unpaired) electrons. The molecule has 2 aromatic carbocycles. The number of nitrogens with two attached hydrogens (primary N) is 1. The first-order valence-corrected chi connectivity index (χ1v) is 13.0. The number of rotatable bonds is 7. The van der Waals surface area contributed by atoms with Crippen molar-refractivity contribution in [3.8, 4) is 11.3 Å². The van der Waals surface area contributed by atoms with Crippen LogP contribution >= 0.6 is 0 Å². The van der Waals surface area contributed by atoms with Gasteiger partial charge in [0, 0.05) is 66.8 Å². The number of anilines is 3. The second-order valence-corrected chi connectivity index (χ2v) is 10.2. The number of aromatic nitrogens is 4. The van der Waals surface area contributed by atoms with Crippen molar-refractivity contribution in [1.82, 2.24) is 24.8 Å². The lowest BCUT2D eigenvalue weighted by molar-refractivity contribution is -0.138. The average molecular weight is 563 g/mol. The third-order valence-corrected chi connectivity index (χ3v) is 7.07. The Morgan fingerprint density at radius 3 is 2.59 bits per heavy atom. The van der Waals surface area contributed by atoms with Gasteiger partial charge < -0.3 is 16.4 Å². The van der Waals surface area contributed by atoms with Crippen molar-refractivity contribution in [3.63, 3.8) is 0 Å². The minimum atomic E-state index is -4.61. The van der Waals surface area contributed by atoms with Gasteiger partial charge in [0.25, 0.3) is 5.91 Å². The van der Waals surface area contributed by atoms with Gasteiger partial charge in [0.05, 0.1) is 11.3 Å². The van der Waals surface area contributed by atoms with Crippen molar-refractivity contribution in [2.75, 3.05) is 23.7 Å². The van der Waals surface area contributed by atoms with E-state index in [0.29, 0.717) is 36.1 Å². The fourth-order valence-electron chi connectivity index (χ4n) is 4.75. The molecule has 1 amide bonds. The molecule has 5 rings (SSSR count). The van der Waals surface area contributed by atoms with Crippen molar-refractivity contribution in [2.45, 2.75) is 32.6 Å². The summed E-state index contributed by atoms with van der Waals surface area (Å²) in [6, 6.07) is 10.5. The van der Waals surface area contributed by atoms with Crippen LogP contribution in [0.2, 0.25) is 0 Å². The third kappa shape index (κ3) is 6.67. The van der Waals surface area contributed by atoms with Crippen LogP contribution in [-0.4, -0.2) is 49.9 Å². The van der Waals surface area contributed by atoms with E-state index in [2.05, 4.69) is 30.6 Å². The maximum absolute atomic E-state index is 14.0. The van der Waals surface area contributed by atoms with Gasteiger partial charge in [-0.2, -0.15) is 13.2 Å². The summed E-state index contributed by atoms with van der Waals surface area (Å²) in [5, 5.41) is 5.84. The van der Waals surface area contributed by atoms with Gasteiger partial charge in [-0.1, -0.05) is 19.1 Å². The molecule has 0 unspecified atom stereocenters. The van der Waals surface area contributed by atoms with Crippen molar-refractivity contribution >= 4 is 23.2 Å². The molecule has 12 heteroatoms. The molecule has 2 aromatic heterocycles. The van der Waals surface area contributed by atoms with Crippen LogP contribution < -0.4 is 16.4 Å². The number of aryl methyl sites for hydroxylation is 1. The van der Waals surface area contributed by atoms with E-state index in [1.807, 2.05) is 18.7 Å². The lowest BCUT2D eigenvalue weighted by atomic mass is 10.0. The Hall–Kier alpha value is -4.42. The molecule has 0 bridgehead atoms. The summed E-state index contributed by atoms with van der Waals surface area (Å²) >= 11 is 0. The van der Waals surface area contributed by atoms with E-state index in [0.717, 1.165) is 17.2 Å². The summed E-state index contributed by atoms with van der Waals surface area (Å²) in [6.45, 7) is 5.12. The smallest absolute Gasteiger partial charge is 0.326 e. The Balaban J connectivity index is 1.33. The molecule has 0 spiro atoms. The Kier molecular flexibility index (Phi) is 7.95. The van der Waals surface area contributed by atoms with E-state index in [1.54, 1.807) is 42.9 Å². The molecule has 2 atom stereocenters. The molecule has 4 N–H and O–H groups in total. The average Bonchev–Trinajstić information content (AvgIpc) is 3.26. The van der Waals surface area contributed by atoms with Crippen LogP contribution in [0.3, 0.4) is 0 Å². The van der Waals surface area contributed by atoms with Crippen LogP contribution in [0, 0.1) is 12.8 Å². The number of nitrogens with zero attached hydrogens (tertiary/aromatic N) is 5. The fourth-order valence-corrected chi connectivity index (χ4v) is 4.75. The quantitative estimate of drug-likeness (QED) is 0.287. The first kappa shape index (κ1) is 28.1. The largest absolute Gasteiger partial charge is 0.416 e. The van der Waals surface area contributed by atoms with Gasteiger partial charge in [0.2, 0.25) is 5.95 Å². The number of amides is 1. The topological polar surface area (TPSA) is 122 Å². The lowest BCUT2D eigenvalue weighted by Crippen LogP contribution is -2.28. The van der Waals surface area contributed by atoms with Gasteiger partial charge in [-0.25, -0.2) is 19.9 Å². The predicted molar refractivity (Wildman–Crippen MR) is 149 cm³/mol. The minimum absolute atomic E-state index is 0.0720. The van der Waals surface area contributed by atoms with E-state index >= 15 is 0 Å². The molecule has 3 heterocycles. The van der Waals surface area contributed by atoms with E-state index < -0.39 is 17.6 Å². The van der Waals surface area contributed by atoms with Gasteiger partial charge in [0.1, 0.15) is 6.33 Å². The molecular weight excluding hydrogens is 533 g/mol. The maximum atomic E-state index is 14.0. The normalized spacial score (nSPS) is 17.4. The highest BCUT2D eigenvalue weighted by molar-refractivity contribution is 6.04. The molecule has 0 saturated carbocycles. The zero-order valence-corrected chi connectivity index (χ0v) is 22.5. The highest BCUT2D eigenvalue weighted by Crippen LogP contribution is 2.34. The number of hydrogen-bond acceptors (Lipinski definition) is 8. The highest BCUT2D eigenvalue weighted by atomic mass is 19.4. The van der Waals surface area contributed by atoms with Gasteiger partial charge in [0.15, 0.2) is 0 Å². The summed E-state index contributed by atoms with van der Waals surface area (Å²) < 4.78 is 42.0. The number of benzene rings is 2. The SMILES string of the molecule is Cc1ccc(NC(=O)c2ccc(CN3C[C@@H](C)[C@H](N)C3)c(C(F)(F)F)c2)cc1Nc1nccc(-c2cncnc2)n1. The van der Waals surface area contributed by atoms with E-state index in [4.69, 9.17) is 5.73 Å². The fraction of sp³-hybridized carbons (Fsp3) is 0.276. The minimum Gasteiger partial charge on any atom is -0.326 e. The summed E-state index contributed by atoms with van der Waals surface area (Å²) in [6.07, 6.45) is 1.69. The number of hydrogen-bond donors (Lipinski definition) is 3. The molecular formula is C29H29F3N8O. The third-order valence-electron chi connectivity index (χ3n) is 7.07. The van der Waals surface area contributed by atoms with Crippen LogP contribution in [-0.2, 0) is 12.7 Å². The first-order chi connectivity index (χ1) is 19.6. The molecule has 1 aliphatic heterocycles. The number of halogens is 3. The maximum Gasteiger partial charge on any atom is 0.416 e. The molecule has 41 heavy (non-hydrogen) atoms. The molecule has 212 valence electrons. The van der Waals surface area contributed by atoms with E-state index in [-0.39, 0.29) is 29.6 Å². The van der Waals surface area contributed by atoms with Gasteiger partial charge >= 0.3 is 6.18 Å². The van der Waals surface area contributed by atoms with E-state index in [1.165, 1.54) is 18.5 Å². The monoisotopic (exact) mass is 562 g/mol. The van der Waals surface area contributed by atoms with Gasteiger partial charge in [-0.05, 0) is 54.3 Å². The number of alkyl halides is 3. The van der Waals surface area contributed by atoms with Crippen molar-refractivity contribution in [3.05, 3.63) is 89.6 Å². The summed E-state index contributed by atoms with van der Waals surface area (Å²) in [5.41, 5.74) is 8.44. The Morgan fingerprint density at radius 1 is 1.10 bits per heavy atom. The number of carbonyl (C=O) groups is 1. The molecule has 1 aliphatic rings. The van der Waals surface area contributed by atoms with Gasteiger partial charge in [-0.3, -0.25) is 9.69 Å². The standard InChI is InChI=1S/C29H29F3N8O/c1-17-3-6-22(10-26(17)39-28-36-8-7-25(38-28)21-11-34-16-35-12-21)37-27(41)19-4-5-20(23(9-19)29(30,31)32)14-40-13-18(2)24(33)15-40/h3-12,16,18,24H,13-15,33H2,1-2H3,(H,37,41)(H,36,38,39)/t18-,24-/m1/s1. The molecule has 1 fully saturated rings. The van der Waals surface area contributed by atoms with Crippen molar-refractivity contribution in [1.29, 1.82) is 0 Å². The predicted octanol–water partition coefficient (Wildman–Crippen LogP) is 5.04. The molecule has 4 aromatic rings. The van der Waals surface area contributed by atoms with Crippen LogP contribution in [0.4, 0.5) is 30.5 Å². The zero-order valence-electron chi connectivity index (χ0n) is 22.5. The second kappa shape index (κ2) is 11.6. The summed E-state index contributed by atoms with van der Waals surface area (Å²) in [7, 11) is 0. The first-order valence-electron chi connectivity index (χ1n) is 13.0. The van der Waals surface area contributed by atoms with Gasteiger partial charge in [-0.15, -0.1) is 0 Å². The van der Waals surface area contributed by atoms with Crippen molar-refractivity contribution in [2.24, 2.45) is 11.7 Å². The molecule has 1 saturated heterocycles. The number of carbonyl (C=O) groups excluding carboxylic acids is 1. The Morgan fingerprint density at radius 2 is 1.88 bits per heavy atom. The lowest BCUT2D eigenvalue weighted by Gasteiger charge is -2.20. The van der Waals surface area contributed by atoms with Crippen molar-refractivity contribution < 1.29 is 18.0 Å². The summed E-state index contributed by atoms with van der Waals surface area (Å²) in [4.78, 5) is 31.7. The molecule has 0 aliphatic carbocycles. The Bertz CT molecular complexity index is 1540. The number of nitrogens with one attached hydrogen (secondary N) is 2. The number of likely N-dealkylation sites (tertiary alicyclic amines) is 1. The van der Waals surface area contributed by atoms with Crippen LogP contribution in [0.1, 0.15) is 34.0 Å². The van der Waals surface area contributed by atoms with Crippen LogP contribution in [0.5, 0.6) is 0 Å². The molecule has 9 nitrogen and oxygen atoms in total. The zero-order chi connectivity index (χ0) is 29.1. The van der Waals surface area contributed by atoms with Crippen LogP contribution in [0.25, 0.3) is 11.3 Å². The van der Waals surface area contributed by atoms with E-state index in [9.17, 15) is 18.0 Å². The second-order valence-electron chi connectivity index (χ2n) is 10.2. The highest BCUT2D eigenvalue weighted by Gasteiger charge is 2.35. The summed E-state index contributed by atoms with van der Waals surface area (Å²) in [5.74, 6) is -0.134. The Labute approximate surface area is 235 Å².